The van der Waals surface area contributed by atoms with Crippen LogP contribution in [0.15, 0.2) is 11.6 Å². The molecule has 0 spiro atoms. The van der Waals surface area contributed by atoms with Gasteiger partial charge >= 0.3 is 0 Å². The molecule has 0 aliphatic heterocycles. The lowest BCUT2D eigenvalue weighted by molar-refractivity contribution is 0.0306. The van der Waals surface area contributed by atoms with Crippen molar-refractivity contribution in [2.75, 3.05) is 0 Å². The highest BCUT2D eigenvalue weighted by Gasteiger charge is 2.44. The summed E-state index contributed by atoms with van der Waals surface area (Å²) in [5.74, 6) is 0.814. The van der Waals surface area contributed by atoms with Gasteiger partial charge in [0.1, 0.15) is 0 Å². The Morgan fingerprint density at radius 2 is 2.15 bits per heavy atom. The third-order valence-electron chi connectivity index (χ3n) is 3.89. The van der Waals surface area contributed by atoms with E-state index >= 15 is 0 Å². The molecule has 3 atom stereocenters. The Hall–Kier alpha value is -0.300. The normalized spacial score (nSPS) is 42.8. The molecule has 13 heavy (non-hydrogen) atoms. The summed E-state index contributed by atoms with van der Waals surface area (Å²) in [7, 11) is 0. The van der Waals surface area contributed by atoms with E-state index in [1.165, 1.54) is 24.8 Å². The van der Waals surface area contributed by atoms with Crippen LogP contribution in [0.1, 0.15) is 40.0 Å². The van der Waals surface area contributed by atoms with E-state index in [9.17, 15) is 5.11 Å². The van der Waals surface area contributed by atoms with Gasteiger partial charge in [-0.05, 0) is 24.7 Å². The van der Waals surface area contributed by atoms with Crippen molar-refractivity contribution in [3.05, 3.63) is 11.6 Å². The zero-order valence-corrected chi connectivity index (χ0v) is 8.88. The molecule has 2 aliphatic carbocycles. The first kappa shape index (κ1) is 9.26. The van der Waals surface area contributed by atoms with E-state index in [1.54, 1.807) is 0 Å². The van der Waals surface area contributed by atoms with Crippen LogP contribution in [0, 0.1) is 17.3 Å². The molecule has 1 heteroatoms. The SMILES string of the molecule is CC1C=C2CCCC(C)(C)C2[C@@H]1O. The molecule has 0 amide bonds. The minimum atomic E-state index is -0.120. The summed E-state index contributed by atoms with van der Waals surface area (Å²) in [5, 5.41) is 10.1. The maximum Gasteiger partial charge on any atom is 0.0670 e. The zero-order chi connectivity index (χ0) is 9.64. The smallest absolute Gasteiger partial charge is 0.0670 e. The summed E-state index contributed by atoms with van der Waals surface area (Å²) < 4.78 is 0. The molecule has 1 N–H and O–H groups in total. The van der Waals surface area contributed by atoms with E-state index in [0.717, 1.165) is 0 Å². The van der Waals surface area contributed by atoms with Gasteiger partial charge in [-0.3, -0.25) is 0 Å². The quantitative estimate of drug-likeness (QED) is 0.568. The van der Waals surface area contributed by atoms with Crippen LogP contribution in [0.25, 0.3) is 0 Å². The Morgan fingerprint density at radius 1 is 1.46 bits per heavy atom. The molecule has 1 saturated carbocycles. The third-order valence-corrected chi connectivity index (χ3v) is 3.89. The maximum absolute atomic E-state index is 10.1. The lowest BCUT2D eigenvalue weighted by Gasteiger charge is -2.40. The Morgan fingerprint density at radius 3 is 2.77 bits per heavy atom. The van der Waals surface area contributed by atoms with E-state index in [1.807, 2.05) is 0 Å². The van der Waals surface area contributed by atoms with Crippen molar-refractivity contribution in [2.24, 2.45) is 17.3 Å². The monoisotopic (exact) mass is 180 g/mol. The standard InChI is InChI=1S/C12H20O/c1-8-7-9-5-4-6-12(2,3)10(9)11(8)13/h7-8,10-11,13H,4-6H2,1-3H3/t8?,10?,11-/m1/s1. The van der Waals surface area contributed by atoms with Crippen LogP contribution < -0.4 is 0 Å². The molecule has 0 bridgehead atoms. The fourth-order valence-corrected chi connectivity index (χ4v) is 3.17. The minimum Gasteiger partial charge on any atom is -0.392 e. The zero-order valence-electron chi connectivity index (χ0n) is 8.88. The lowest BCUT2D eigenvalue weighted by atomic mass is 9.66. The predicted octanol–water partition coefficient (Wildman–Crippen LogP) is 2.75. The highest BCUT2D eigenvalue weighted by atomic mass is 16.3. The predicted molar refractivity (Wildman–Crippen MR) is 54.4 cm³/mol. The summed E-state index contributed by atoms with van der Waals surface area (Å²) >= 11 is 0. The van der Waals surface area contributed by atoms with Crippen molar-refractivity contribution in [1.29, 1.82) is 0 Å². The highest BCUT2D eigenvalue weighted by molar-refractivity contribution is 5.23. The average Bonchev–Trinajstić information content (AvgIpc) is 2.28. The first-order chi connectivity index (χ1) is 6.02. The van der Waals surface area contributed by atoms with Crippen LogP contribution in [-0.2, 0) is 0 Å². The second-order valence-electron chi connectivity index (χ2n) is 5.41. The number of fused-ring (bicyclic) bond motifs is 1. The number of rotatable bonds is 0. The highest BCUT2D eigenvalue weighted by Crippen LogP contribution is 2.50. The molecule has 2 aliphatic rings. The Labute approximate surface area is 80.8 Å². The Balaban J connectivity index is 2.29. The molecule has 1 fully saturated rings. The van der Waals surface area contributed by atoms with Crippen molar-refractivity contribution in [3.8, 4) is 0 Å². The van der Waals surface area contributed by atoms with E-state index in [0.29, 0.717) is 17.3 Å². The van der Waals surface area contributed by atoms with Crippen LogP contribution in [0.4, 0.5) is 0 Å². The summed E-state index contributed by atoms with van der Waals surface area (Å²) in [5.41, 5.74) is 1.84. The molecule has 0 aromatic heterocycles. The van der Waals surface area contributed by atoms with Crippen LogP contribution in [0.5, 0.6) is 0 Å². The number of aliphatic hydroxyl groups excluding tert-OH is 1. The summed E-state index contributed by atoms with van der Waals surface area (Å²) in [6.07, 6.45) is 5.96. The molecule has 2 unspecified atom stereocenters. The number of hydrogen-bond donors (Lipinski definition) is 1. The second-order valence-corrected chi connectivity index (χ2v) is 5.41. The van der Waals surface area contributed by atoms with Crippen molar-refractivity contribution in [1.82, 2.24) is 0 Å². The molecule has 0 radical (unpaired) electrons. The maximum atomic E-state index is 10.1. The molecule has 0 aromatic carbocycles. The van der Waals surface area contributed by atoms with E-state index in [2.05, 4.69) is 26.8 Å². The van der Waals surface area contributed by atoms with Crippen molar-refractivity contribution in [3.63, 3.8) is 0 Å². The third kappa shape index (κ3) is 1.34. The second kappa shape index (κ2) is 2.84. The van der Waals surface area contributed by atoms with E-state index in [4.69, 9.17) is 0 Å². The minimum absolute atomic E-state index is 0.120. The molecule has 2 rings (SSSR count). The summed E-state index contributed by atoms with van der Waals surface area (Å²) in [6, 6.07) is 0. The van der Waals surface area contributed by atoms with Crippen LogP contribution in [0.2, 0.25) is 0 Å². The fourth-order valence-electron chi connectivity index (χ4n) is 3.17. The van der Waals surface area contributed by atoms with Crippen molar-refractivity contribution >= 4 is 0 Å². The van der Waals surface area contributed by atoms with Gasteiger partial charge < -0.3 is 5.11 Å². The van der Waals surface area contributed by atoms with E-state index in [-0.39, 0.29) is 6.10 Å². The fraction of sp³-hybridized carbons (Fsp3) is 0.833. The van der Waals surface area contributed by atoms with Crippen molar-refractivity contribution < 1.29 is 5.11 Å². The molecule has 1 nitrogen and oxygen atoms in total. The van der Waals surface area contributed by atoms with Gasteiger partial charge in [0.25, 0.3) is 0 Å². The van der Waals surface area contributed by atoms with Gasteiger partial charge in [-0.2, -0.15) is 0 Å². The summed E-state index contributed by atoms with van der Waals surface area (Å²) in [6.45, 7) is 6.73. The summed E-state index contributed by atoms with van der Waals surface area (Å²) in [4.78, 5) is 0. The Kier molecular flexibility index (Phi) is 2.03. The van der Waals surface area contributed by atoms with Gasteiger partial charge in [-0.1, -0.05) is 32.4 Å². The lowest BCUT2D eigenvalue weighted by Crippen LogP contribution is -2.36. The van der Waals surface area contributed by atoms with Gasteiger partial charge in [-0.25, -0.2) is 0 Å². The van der Waals surface area contributed by atoms with Gasteiger partial charge in [0.05, 0.1) is 6.10 Å². The van der Waals surface area contributed by atoms with Gasteiger partial charge in [0.15, 0.2) is 0 Å². The van der Waals surface area contributed by atoms with Crippen LogP contribution in [-0.4, -0.2) is 11.2 Å². The number of hydrogen-bond acceptors (Lipinski definition) is 1. The Bertz CT molecular complexity index is 240. The van der Waals surface area contributed by atoms with Crippen LogP contribution >= 0.6 is 0 Å². The molecule has 74 valence electrons. The van der Waals surface area contributed by atoms with Crippen molar-refractivity contribution in [2.45, 2.75) is 46.1 Å². The van der Waals surface area contributed by atoms with Gasteiger partial charge in [-0.15, -0.1) is 0 Å². The molecule has 0 saturated heterocycles. The number of aliphatic hydroxyl groups is 1. The molecular formula is C12H20O. The topological polar surface area (TPSA) is 20.2 Å². The van der Waals surface area contributed by atoms with Gasteiger partial charge in [0, 0.05) is 11.8 Å². The average molecular weight is 180 g/mol. The van der Waals surface area contributed by atoms with Crippen LogP contribution in [0.3, 0.4) is 0 Å². The van der Waals surface area contributed by atoms with Gasteiger partial charge in [0.2, 0.25) is 0 Å². The largest absolute Gasteiger partial charge is 0.392 e. The first-order valence-corrected chi connectivity index (χ1v) is 5.41. The first-order valence-electron chi connectivity index (χ1n) is 5.41. The molecular weight excluding hydrogens is 160 g/mol. The van der Waals surface area contributed by atoms with E-state index < -0.39 is 0 Å². The molecule has 0 aromatic rings. The molecule has 0 heterocycles.